The fourth-order valence-electron chi connectivity index (χ4n) is 1.26. The van der Waals surface area contributed by atoms with E-state index in [4.69, 9.17) is 5.11 Å². The fraction of sp³-hybridized carbons (Fsp3) is 0.111. The lowest BCUT2D eigenvalue weighted by Crippen LogP contribution is -1.81. The van der Waals surface area contributed by atoms with Crippen molar-refractivity contribution in [2.45, 2.75) is 6.42 Å². The zero-order valence-electron chi connectivity index (χ0n) is 6.54. The van der Waals surface area contributed by atoms with Gasteiger partial charge in [0.25, 0.3) is 0 Å². The summed E-state index contributed by atoms with van der Waals surface area (Å²) in [6.07, 6.45) is 2.52. The van der Waals surface area contributed by atoms with Crippen molar-refractivity contribution in [2.24, 2.45) is 0 Å². The van der Waals surface area contributed by atoms with Gasteiger partial charge in [0, 0.05) is 6.42 Å². The first kappa shape index (κ1) is 5.54. The molecular formula is C9H9O+. The predicted molar refractivity (Wildman–Crippen MR) is 41.9 cm³/mol. The van der Waals surface area contributed by atoms with E-state index in [1.54, 1.807) is 0 Å². The number of hydrogen-bond donors (Lipinski definition) is 1. The van der Waals surface area contributed by atoms with E-state index in [0.29, 0.717) is 12.2 Å². The second-order valence-electron chi connectivity index (χ2n) is 2.51. The largest absolute Gasteiger partial charge is 1.00 e. The Morgan fingerprint density at radius 1 is 1.30 bits per heavy atom. The van der Waals surface area contributed by atoms with Gasteiger partial charge in [-0.1, -0.05) is 24.3 Å². The molecule has 0 unspecified atom stereocenters. The first-order valence-corrected chi connectivity index (χ1v) is 3.34. The molecule has 1 aromatic rings. The first-order valence-electron chi connectivity index (χ1n) is 3.34. The molecule has 1 nitrogen and oxygen atoms in total. The minimum atomic E-state index is 0. The van der Waals surface area contributed by atoms with Crippen molar-refractivity contribution >= 4 is 6.08 Å². The molecule has 1 aliphatic rings. The Morgan fingerprint density at radius 2 is 2.10 bits per heavy atom. The van der Waals surface area contributed by atoms with Crippen molar-refractivity contribution in [1.82, 2.24) is 0 Å². The Bertz CT molecular complexity index is 291. The summed E-state index contributed by atoms with van der Waals surface area (Å²) in [6, 6.07) is 8.02. The van der Waals surface area contributed by atoms with E-state index in [1.807, 2.05) is 30.3 Å². The number of fused-ring (bicyclic) bond motifs is 1. The smallest absolute Gasteiger partial charge is 0.512 e. The predicted octanol–water partition coefficient (Wildman–Crippen LogP) is 2.25. The van der Waals surface area contributed by atoms with Crippen LogP contribution in [0.5, 0.6) is 0 Å². The van der Waals surface area contributed by atoms with Crippen LogP contribution in [-0.4, -0.2) is 5.11 Å². The van der Waals surface area contributed by atoms with Gasteiger partial charge in [-0.05, 0) is 17.2 Å². The summed E-state index contributed by atoms with van der Waals surface area (Å²) in [4.78, 5) is 0. The van der Waals surface area contributed by atoms with Gasteiger partial charge < -0.3 is 5.11 Å². The van der Waals surface area contributed by atoms with Crippen LogP contribution < -0.4 is 0 Å². The summed E-state index contributed by atoms with van der Waals surface area (Å²) >= 11 is 0. The number of aliphatic hydroxyl groups is 1. The topological polar surface area (TPSA) is 20.2 Å². The molecule has 0 bridgehead atoms. The quantitative estimate of drug-likeness (QED) is 0.575. The van der Waals surface area contributed by atoms with Crippen LogP contribution in [0.3, 0.4) is 0 Å². The molecule has 0 spiro atoms. The molecular weight excluding hydrogens is 124 g/mol. The molecule has 0 saturated heterocycles. The second-order valence-corrected chi connectivity index (χ2v) is 2.51. The number of allylic oxidation sites excluding steroid dienone is 1. The molecule has 0 atom stereocenters. The zero-order valence-corrected chi connectivity index (χ0v) is 5.54. The molecule has 0 heterocycles. The van der Waals surface area contributed by atoms with E-state index in [-0.39, 0.29) is 1.43 Å². The van der Waals surface area contributed by atoms with Crippen molar-refractivity contribution < 1.29 is 6.53 Å². The summed E-state index contributed by atoms with van der Waals surface area (Å²) in [5, 5.41) is 9.11. The van der Waals surface area contributed by atoms with Gasteiger partial charge in [0.05, 0.1) is 5.76 Å². The van der Waals surface area contributed by atoms with Crippen LogP contribution in [0.1, 0.15) is 12.6 Å². The van der Waals surface area contributed by atoms with Crippen LogP contribution in [0.2, 0.25) is 0 Å². The highest BCUT2D eigenvalue weighted by Gasteiger charge is 2.08. The maximum absolute atomic E-state index is 9.11. The molecule has 2 rings (SSSR count). The van der Waals surface area contributed by atoms with E-state index in [0.717, 1.165) is 5.56 Å². The van der Waals surface area contributed by atoms with Gasteiger partial charge >= 0.3 is 1.43 Å². The van der Waals surface area contributed by atoms with Crippen LogP contribution in [0.4, 0.5) is 0 Å². The maximum Gasteiger partial charge on any atom is 1.00 e. The molecule has 0 radical (unpaired) electrons. The Kier molecular flexibility index (Phi) is 1.04. The normalized spacial score (nSPS) is 14.6. The third-order valence-corrected chi connectivity index (χ3v) is 1.75. The van der Waals surface area contributed by atoms with Crippen LogP contribution in [0.15, 0.2) is 30.0 Å². The van der Waals surface area contributed by atoms with Crippen LogP contribution in [-0.2, 0) is 6.42 Å². The molecule has 1 aromatic carbocycles. The van der Waals surface area contributed by atoms with E-state index in [9.17, 15) is 0 Å². The standard InChI is InChI=1S/C9H8O/c10-9-5-7-3-1-2-4-8(7)6-9/h1-5,10H,6H2/p+1. The molecule has 0 aliphatic heterocycles. The summed E-state index contributed by atoms with van der Waals surface area (Å²) in [6.45, 7) is 0. The van der Waals surface area contributed by atoms with Crippen molar-refractivity contribution in [1.29, 1.82) is 0 Å². The monoisotopic (exact) mass is 133 g/mol. The van der Waals surface area contributed by atoms with E-state index in [1.165, 1.54) is 5.56 Å². The Balaban J connectivity index is 0.000000605. The summed E-state index contributed by atoms with van der Waals surface area (Å²) in [7, 11) is 0. The van der Waals surface area contributed by atoms with E-state index in [2.05, 4.69) is 0 Å². The maximum atomic E-state index is 9.11. The highest BCUT2D eigenvalue weighted by atomic mass is 16.3. The minimum Gasteiger partial charge on any atom is -0.512 e. The van der Waals surface area contributed by atoms with Crippen LogP contribution >= 0.6 is 0 Å². The lowest BCUT2D eigenvalue weighted by Gasteiger charge is -1.93. The lowest BCUT2D eigenvalue weighted by atomic mass is 10.1. The molecule has 0 aromatic heterocycles. The SMILES string of the molecule is OC1=Cc2ccccc2C1.[H+]. The number of rotatable bonds is 0. The lowest BCUT2D eigenvalue weighted by molar-refractivity contribution is 0.408. The molecule has 1 N–H and O–H groups in total. The van der Waals surface area contributed by atoms with Gasteiger partial charge in [-0.2, -0.15) is 0 Å². The fourth-order valence-corrected chi connectivity index (χ4v) is 1.26. The van der Waals surface area contributed by atoms with Gasteiger partial charge in [-0.15, -0.1) is 0 Å². The minimum absolute atomic E-state index is 0. The number of benzene rings is 1. The zero-order chi connectivity index (χ0) is 6.97. The first-order chi connectivity index (χ1) is 4.86. The van der Waals surface area contributed by atoms with Crippen molar-refractivity contribution in [3.63, 3.8) is 0 Å². The van der Waals surface area contributed by atoms with Gasteiger partial charge in [0.1, 0.15) is 0 Å². The second kappa shape index (κ2) is 1.87. The van der Waals surface area contributed by atoms with Gasteiger partial charge in [-0.25, -0.2) is 0 Å². The third-order valence-electron chi connectivity index (χ3n) is 1.75. The van der Waals surface area contributed by atoms with Gasteiger partial charge in [0.15, 0.2) is 0 Å². The van der Waals surface area contributed by atoms with Gasteiger partial charge in [-0.3, -0.25) is 0 Å². The average molecular weight is 133 g/mol. The van der Waals surface area contributed by atoms with E-state index >= 15 is 0 Å². The molecule has 0 saturated carbocycles. The Hall–Kier alpha value is -1.24. The Morgan fingerprint density at radius 3 is 2.90 bits per heavy atom. The van der Waals surface area contributed by atoms with Gasteiger partial charge in [0.2, 0.25) is 0 Å². The molecule has 0 amide bonds. The summed E-state index contributed by atoms with van der Waals surface area (Å²) in [5.74, 6) is 0.473. The van der Waals surface area contributed by atoms with E-state index < -0.39 is 0 Å². The average Bonchev–Trinajstić information content (AvgIpc) is 2.27. The summed E-state index contributed by atoms with van der Waals surface area (Å²) in [5.41, 5.74) is 2.38. The van der Waals surface area contributed by atoms with Crippen molar-refractivity contribution in [2.75, 3.05) is 0 Å². The molecule has 10 heavy (non-hydrogen) atoms. The summed E-state index contributed by atoms with van der Waals surface area (Å²) < 4.78 is 0. The Labute approximate surface area is 61.1 Å². The highest BCUT2D eigenvalue weighted by molar-refractivity contribution is 5.61. The molecule has 0 fully saturated rings. The van der Waals surface area contributed by atoms with Crippen LogP contribution in [0.25, 0.3) is 6.08 Å². The van der Waals surface area contributed by atoms with Crippen molar-refractivity contribution in [3.8, 4) is 0 Å². The van der Waals surface area contributed by atoms with Crippen LogP contribution in [0, 0.1) is 0 Å². The number of hydrogen-bond acceptors (Lipinski definition) is 1. The molecule has 50 valence electrons. The molecule has 1 heteroatoms. The molecule has 1 aliphatic carbocycles. The van der Waals surface area contributed by atoms with Crippen molar-refractivity contribution in [3.05, 3.63) is 41.2 Å². The number of aliphatic hydroxyl groups excluding tert-OH is 1. The third kappa shape index (κ3) is 0.711. The highest BCUT2D eigenvalue weighted by Crippen LogP contribution is 2.22.